The largest absolute Gasteiger partial charge is 0.508 e. The topological polar surface area (TPSA) is 63.6 Å². The van der Waals surface area contributed by atoms with E-state index in [1.165, 1.54) is 19.2 Å². The molecule has 0 saturated carbocycles. The van der Waals surface area contributed by atoms with Gasteiger partial charge in [-0.3, -0.25) is 4.79 Å². The van der Waals surface area contributed by atoms with Gasteiger partial charge in [0.05, 0.1) is 12.7 Å². The molecule has 0 radical (unpaired) electrons. The van der Waals surface area contributed by atoms with E-state index in [1.54, 1.807) is 18.2 Å². The Kier molecular flexibility index (Phi) is 2.78. The van der Waals surface area contributed by atoms with Crippen LogP contribution in [0.5, 0.6) is 5.75 Å². The average Bonchev–Trinajstić information content (AvgIpc) is 2.36. The summed E-state index contributed by atoms with van der Waals surface area (Å²) in [5.41, 5.74) is 0.708. The van der Waals surface area contributed by atoms with Gasteiger partial charge >= 0.3 is 5.97 Å². The highest BCUT2D eigenvalue weighted by molar-refractivity contribution is 6.06. The molecule has 1 N–H and O–H groups in total. The second kappa shape index (κ2) is 4.25. The summed E-state index contributed by atoms with van der Waals surface area (Å²) >= 11 is 0. The summed E-state index contributed by atoms with van der Waals surface area (Å²) in [5.74, 6) is -0.564. The lowest BCUT2D eigenvalue weighted by molar-refractivity contribution is 0.0602. The molecular formula is C13H10O4. The van der Waals surface area contributed by atoms with Crippen molar-refractivity contribution in [3.8, 4) is 5.75 Å². The molecule has 2 rings (SSSR count). The predicted octanol–water partition coefficient (Wildman–Crippen LogP) is 2.14. The van der Waals surface area contributed by atoms with E-state index in [1.807, 2.05) is 0 Å². The highest BCUT2D eigenvalue weighted by atomic mass is 16.5. The Balaban J connectivity index is 2.79. The number of carbonyl (C=O) groups is 2. The fourth-order valence-electron chi connectivity index (χ4n) is 1.71. The van der Waals surface area contributed by atoms with Crippen LogP contribution in [0.1, 0.15) is 20.7 Å². The van der Waals surface area contributed by atoms with Crippen molar-refractivity contribution in [1.29, 1.82) is 0 Å². The number of benzene rings is 2. The van der Waals surface area contributed by atoms with Gasteiger partial charge in [-0.2, -0.15) is 0 Å². The first-order chi connectivity index (χ1) is 8.15. The molecule has 0 heterocycles. The summed E-state index contributed by atoms with van der Waals surface area (Å²) in [6.07, 6.45) is 0.702. The van der Waals surface area contributed by atoms with Gasteiger partial charge in [-0.05, 0) is 29.0 Å². The van der Waals surface area contributed by atoms with Crippen molar-refractivity contribution in [1.82, 2.24) is 0 Å². The molecule has 0 amide bonds. The van der Waals surface area contributed by atoms with E-state index < -0.39 is 5.97 Å². The van der Waals surface area contributed by atoms with Crippen molar-refractivity contribution in [2.24, 2.45) is 0 Å². The number of methoxy groups -OCH3 is 1. The maximum Gasteiger partial charge on any atom is 0.338 e. The molecule has 0 aliphatic carbocycles. The normalized spacial score (nSPS) is 10.2. The molecule has 4 heteroatoms. The number of carbonyl (C=O) groups excluding carboxylic acids is 2. The van der Waals surface area contributed by atoms with Gasteiger partial charge < -0.3 is 9.84 Å². The molecule has 0 fully saturated rings. The quantitative estimate of drug-likeness (QED) is 0.634. The van der Waals surface area contributed by atoms with E-state index in [-0.39, 0.29) is 11.3 Å². The first-order valence-electron chi connectivity index (χ1n) is 4.96. The zero-order valence-corrected chi connectivity index (χ0v) is 9.14. The molecule has 4 nitrogen and oxygen atoms in total. The van der Waals surface area contributed by atoms with E-state index in [9.17, 15) is 14.7 Å². The van der Waals surface area contributed by atoms with Gasteiger partial charge in [0.25, 0.3) is 0 Å². The van der Waals surface area contributed by atoms with Gasteiger partial charge in [-0.25, -0.2) is 4.79 Å². The van der Waals surface area contributed by atoms with Crippen LogP contribution in [-0.4, -0.2) is 24.5 Å². The van der Waals surface area contributed by atoms with Crippen LogP contribution in [0.3, 0.4) is 0 Å². The molecule has 0 saturated heterocycles. The van der Waals surface area contributed by atoms with E-state index in [2.05, 4.69) is 4.74 Å². The smallest absolute Gasteiger partial charge is 0.338 e. The van der Waals surface area contributed by atoms with Gasteiger partial charge in [0, 0.05) is 5.56 Å². The number of ether oxygens (including phenoxy) is 1. The molecule has 0 atom stereocenters. The first-order valence-corrected chi connectivity index (χ1v) is 4.96. The zero-order valence-electron chi connectivity index (χ0n) is 9.14. The molecule has 17 heavy (non-hydrogen) atoms. The molecule has 0 aliphatic rings. The zero-order chi connectivity index (χ0) is 12.4. The second-order valence-corrected chi connectivity index (χ2v) is 3.58. The third-order valence-electron chi connectivity index (χ3n) is 2.50. The highest BCUT2D eigenvalue weighted by Crippen LogP contribution is 2.26. The van der Waals surface area contributed by atoms with E-state index in [0.717, 1.165) is 0 Å². The van der Waals surface area contributed by atoms with Crippen molar-refractivity contribution < 1.29 is 19.4 Å². The predicted molar refractivity (Wildman–Crippen MR) is 62.3 cm³/mol. The molecule has 2 aromatic carbocycles. The van der Waals surface area contributed by atoms with Crippen LogP contribution < -0.4 is 0 Å². The van der Waals surface area contributed by atoms with Gasteiger partial charge in [0.15, 0.2) is 0 Å². The molecule has 0 aliphatic heterocycles. The van der Waals surface area contributed by atoms with Gasteiger partial charge in [-0.1, -0.05) is 12.1 Å². The maximum absolute atomic E-state index is 11.6. The standard InChI is InChI=1S/C13H10O4/c1-17-13(16)12-6-10(15)5-9-3-2-8(7-14)4-11(9)12/h2-7,15H,1H3. The minimum absolute atomic E-state index is 0.0169. The SMILES string of the molecule is COC(=O)c1cc(O)cc2ccc(C=O)cc12. The average molecular weight is 230 g/mol. The Hall–Kier alpha value is -2.36. The Morgan fingerprint density at radius 1 is 1.29 bits per heavy atom. The molecule has 0 spiro atoms. The summed E-state index contributed by atoms with van der Waals surface area (Å²) < 4.78 is 4.63. The summed E-state index contributed by atoms with van der Waals surface area (Å²) in [6, 6.07) is 7.73. The number of aldehydes is 1. The van der Waals surface area contributed by atoms with Crippen LogP contribution in [0, 0.1) is 0 Å². The summed E-state index contributed by atoms with van der Waals surface area (Å²) in [4.78, 5) is 22.3. The number of hydrogen-bond acceptors (Lipinski definition) is 4. The number of hydrogen-bond donors (Lipinski definition) is 1. The highest BCUT2D eigenvalue weighted by Gasteiger charge is 2.12. The number of phenols is 1. The van der Waals surface area contributed by atoms with Crippen LogP contribution in [-0.2, 0) is 4.74 Å². The van der Waals surface area contributed by atoms with Crippen molar-refractivity contribution in [3.05, 3.63) is 41.5 Å². The molecule has 2 aromatic rings. The fraction of sp³-hybridized carbons (Fsp3) is 0.0769. The Morgan fingerprint density at radius 3 is 2.71 bits per heavy atom. The number of phenolic OH excluding ortho intramolecular Hbond substituents is 1. The molecule has 0 aromatic heterocycles. The molecule has 0 unspecified atom stereocenters. The Bertz CT molecular complexity index is 602. The summed E-state index contributed by atoms with van der Waals surface area (Å²) in [7, 11) is 1.27. The van der Waals surface area contributed by atoms with Crippen molar-refractivity contribution in [2.45, 2.75) is 0 Å². The monoisotopic (exact) mass is 230 g/mol. The number of esters is 1. The van der Waals surface area contributed by atoms with Crippen molar-refractivity contribution in [2.75, 3.05) is 7.11 Å². The number of aromatic hydroxyl groups is 1. The van der Waals surface area contributed by atoms with Gasteiger partial charge in [-0.15, -0.1) is 0 Å². The minimum Gasteiger partial charge on any atom is -0.508 e. The van der Waals surface area contributed by atoms with Crippen LogP contribution in [0.4, 0.5) is 0 Å². The van der Waals surface area contributed by atoms with Crippen LogP contribution in [0.15, 0.2) is 30.3 Å². The van der Waals surface area contributed by atoms with E-state index in [4.69, 9.17) is 0 Å². The van der Waals surface area contributed by atoms with Gasteiger partial charge in [0.1, 0.15) is 12.0 Å². The molecule has 86 valence electrons. The third kappa shape index (κ3) is 1.97. The third-order valence-corrected chi connectivity index (χ3v) is 2.50. The van der Waals surface area contributed by atoms with Crippen molar-refractivity contribution in [3.63, 3.8) is 0 Å². The Labute approximate surface area is 97.4 Å². The number of rotatable bonds is 2. The second-order valence-electron chi connectivity index (χ2n) is 3.58. The summed E-state index contributed by atoms with van der Waals surface area (Å²) in [5, 5.41) is 10.8. The van der Waals surface area contributed by atoms with E-state index >= 15 is 0 Å². The van der Waals surface area contributed by atoms with Crippen LogP contribution in [0.2, 0.25) is 0 Å². The maximum atomic E-state index is 11.6. The van der Waals surface area contributed by atoms with Gasteiger partial charge in [0.2, 0.25) is 0 Å². The van der Waals surface area contributed by atoms with E-state index in [0.29, 0.717) is 22.6 Å². The molecular weight excluding hydrogens is 220 g/mol. The first kappa shape index (κ1) is 11.1. The minimum atomic E-state index is -0.547. The van der Waals surface area contributed by atoms with Crippen LogP contribution >= 0.6 is 0 Å². The summed E-state index contributed by atoms with van der Waals surface area (Å²) in [6.45, 7) is 0. The lowest BCUT2D eigenvalue weighted by Crippen LogP contribution is -2.02. The lowest BCUT2D eigenvalue weighted by Gasteiger charge is -2.06. The lowest BCUT2D eigenvalue weighted by atomic mass is 10.0. The van der Waals surface area contributed by atoms with Crippen molar-refractivity contribution >= 4 is 23.0 Å². The van der Waals surface area contributed by atoms with Crippen LogP contribution in [0.25, 0.3) is 10.8 Å². The Morgan fingerprint density at radius 2 is 2.06 bits per heavy atom. The fourth-order valence-corrected chi connectivity index (χ4v) is 1.71. The molecule has 0 bridgehead atoms. The number of fused-ring (bicyclic) bond motifs is 1.